The van der Waals surface area contributed by atoms with E-state index in [4.69, 9.17) is 9.47 Å². The Labute approximate surface area is 139 Å². The molecule has 2 aromatic rings. The molecule has 0 amide bonds. The van der Waals surface area contributed by atoms with Gasteiger partial charge in [-0.25, -0.2) is 4.39 Å². The number of halogens is 2. The van der Waals surface area contributed by atoms with Crippen molar-refractivity contribution < 1.29 is 23.6 Å². The summed E-state index contributed by atoms with van der Waals surface area (Å²) in [7, 11) is 1.49. The first kappa shape index (κ1) is 16.9. The number of benzene rings is 2. The molecule has 0 N–H and O–H groups in total. The van der Waals surface area contributed by atoms with Gasteiger partial charge in [0, 0.05) is 17.7 Å². The fourth-order valence-electron chi connectivity index (χ4n) is 1.82. The molecule has 2 rings (SSSR count). The Balaban J connectivity index is 2.15. The summed E-state index contributed by atoms with van der Waals surface area (Å²) < 4.78 is 23.9. The monoisotopic (exact) mass is 383 g/mol. The summed E-state index contributed by atoms with van der Waals surface area (Å²) in [6.07, 6.45) is 0. The van der Waals surface area contributed by atoms with E-state index in [-0.39, 0.29) is 5.75 Å². The molecule has 0 bridgehead atoms. The third kappa shape index (κ3) is 4.04. The van der Waals surface area contributed by atoms with Gasteiger partial charge in [-0.15, -0.1) is 0 Å². The van der Waals surface area contributed by atoms with Gasteiger partial charge in [0.15, 0.2) is 18.1 Å². The van der Waals surface area contributed by atoms with Gasteiger partial charge in [-0.05, 0) is 40.2 Å². The molecule has 0 fully saturated rings. The molecule has 0 aliphatic heterocycles. The normalized spacial score (nSPS) is 10.2. The first-order valence-corrected chi connectivity index (χ1v) is 7.15. The lowest BCUT2D eigenvalue weighted by molar-refractivity contribution is -0.385. The molecule has 8 heteroatoms. The van der Waals surface area contributed by atoms with Crippen LogP contribution in [0.25, 0.3) is 0 Å². The van der Waals surface area contributed by atoms with E-state index >= 15 is 0 Å². The minimum Gasteiger partial charge on any atom is -0.496 e. The van der Waals surface area contributed by atoms with E-state index in [0.717, 1.165) is 18.2 Å². The second-order valence-corrected chi connectivity index (χ2v) is 5.28. The number of nitro benzene ring substituents is 1. The molecule has 0 saturated heterocycles. The molecule has 0 aromatic heterocycles. The maximum absolute atomic E-state index is 13.2. The minimum atomic E-state index is -0.705. The second kappa shape index (κ2) is 7.19. The Kier molecular flexibility index (Phi) is 5.28. The average molecular weight is 384 g/mol. The fraction of sp³-hybridized carbons (Fsp3) is 0.133. The van der Waals surface area contributed by atoms with Gasteiger partial charge in [-0.2, -0.15) is 0 Å². The van der Waals surface area contributed by atoms with Gasteiger partial charge in [-0.3, -0.25) is 14.9 Å². The van der Waals surface area contributed by atoms with Crippen LogP contribution in [0.1, 0.15) is 10.4 Å². The summed E-state index contributed by atoms with van der Waals surface area (Å²) in [5, 5.41) is 10.9. The third-order valence-corrected chi connectivity index (χ3v) is 3.57. The molecule has 2 aromatic carbocycles. The number of Topliss-reactive ketones (excluding diaryl/α,β-unsaturated/α-hetero) is 1. The minimum absolute atomic E-state index is 0.295. The van der Waals surface area contributed by atoms with Crippen molar-refractivity contribution in [3.8, 4) is 11.5 Å². The zero-order valence-electron chi connectivity index (χ0n) is 11.9. The van der Waals surface area contributed by atoms with Gasteiger partial charge in [0.1, 0.15) is 11.6 Å². The Morgan fingerprint density at radius 3 is 2.61 bits per heavy atom. The van der Waals surface area contributed by atoms with Gasteiger partial charge in [-0.1, -0.05) is 0 Å². The molecule has 6 nitrogen and oxygen atoms in total. The summed E-state index contributed by atoms with van der Waals surface area (Å²) >= 11 is 3.25. The molecule has 23 heavy (non-hydrogen) atoms. The predicted molar refractivity (Wildman–Crippen MR) is 83.6 cm³/mol. The second-order valence-electron chi connectivity index (χ2n) is 4.43. The van der Waals surface area contributed by atoms with E-state index < -0.39 is 28.8 Å². The lowest BCUT2D eigenvalue weighted by Crippen LogP contribution is -2.12. The van der Waals surface area contributed by atoms with Crippen molar-refractivity contribution >= 4 is 27.4 Å². The van der Waals surface area contributed by atoms with Crippen molar-refractivity contribution in [1.82, 2.24) is 0 Å². The molecule has 120 valence electrons. The van der Waals surface area contributed by atoms with Gasteiger partial charge in [0.2, 0.25) is 0 Å². The van der Waals surface area contributed by atoms with E-state index in [1.165, 1.54) is 13.2 Å². The van der Waals surface area contributed by atoms with Crippen molar-refractivity contribution in [1.29, 1.82) is 0 Å². The predicted octanol–water partition coefficient (Wildman–Crippen LogP) is 3.77. The topological polar surface area (TPSA) is 78.7 Å². The summed E-state index contributed by atoms with van der Waals surface area (Å²) in [6.45, 7) is -0.455. The van der Waals surface area contributed by atoms with Crippen molar-refractivity contribution in [2.45, 2.75) is 0 Å². The molecular weight excluding hydrogens is 373 g/mol. The summed E-state index contributed by atoms with van der Waals surface area (Å²) in [4.78, 5) is 22.2. The molecular formula is C15H11BrFNO5. The largest absolute Gasteiger partial charge is 0.496 e. The van der Waals surface area contributed by atoms with Crippen molar-refractivity contribution in [3.63, 3.8) is 0 Å². The van der Waals surface area contributed by atoms with Crippen molar-refractivity contribution in [2.24, 2.45) is 0 Å². The molecule has 0 saturated carbocycles. The highest BCUT2D eigenvalue weighted by atomic mass is 79.9. The Morgan fingerprint density at radius 2 is 2.00 bits per heavy atom. The first-order chi connectivity index (χ1) is 10.9. The standard InChI is InChI=1S/C15H11BrFNO5/c1-22-14-5-2-9(6-11(14)16)13(19)8-23-15-7-10(17)3-4-12(15)18(20)21/h2-7H,8H2,1H3. The smallest absolute Gasteiger partial charge is 0.311 e. The van der Waals surface area contributed by atoms with E-state index in [9.17, 15) is 19.3 Å². The van der Waals surface area contributed by atoms with Crippen molar-refractivity contribution in [2.75, 3.05) is 13.7 Å². The SMILES string of the molecule is COc1ccc(C(=O)COc2cc(F)ccc2[N+](=O)[O-])cc1Br. The molecule has 0 unspecified atom stereocenters. The van der Waals surface area contributed by atoms with E-state index in [2.05, 4.69) is 15.9 Å². The molecule has 0 aliphatic carbocycles. The van der Waals surface area contributed by atoms with E-state index in [0.29, 0.717) is 15.8 Å². The molecule has 0 aliphatic rings. The van der Waals surface area contributed by atoms with Crippen LogP contribution in [0.5, 0.6) is 11.5 Å². The van der Waals surface area contributed by atoms with Crippen LogP contribution >= 0.6 is 15.9 Å². The number of hydrogen-bond donors (Lipinski definition) is 0. The lowest BCUT2D eigenvalue weighted by atomic mass is 10.1. The van der Waals surface area contributed by atoms with Crippen LogP contribution in [0.3, 0.4) is 0 Å². The number of nitrogens with zero attached hydrogens (tertiary/aromatic N) is 1. The van der Waals surface area contributed by atoms with Crippen LogP contribution in [0.2, 0.25) is 0 Å². The number of methoxy groups -OCH3 is 1. The number of carbonyl (C=O) groups is 1. The Bertz CT molecular complexity index is 766. The number of rotatable bonds is 6. The van der Waals surface area contributed by atoms with Crippen molar-refractivity contribution in [3.05, 3.63) is 62.4 Å². The highest BCUT2D eigenvalue weighted by molar-refractivity contribution is 9.10. The van der Waals surface area contributed by atoms with Crippen LogP contribution in [-0.4, -0.2) is 24.4 Å². The van der Waals surface area contributed by atoms with Crippen LogP contribution in [-0.2, 0) is 0 Å². The van der Waals surface area contributed by atoms with Crippen LogP contribution in [0, 0.1) is 15.9 Å². The maximum Gasteiger partial charge on any atom is 0.311 e. The van der Waals surface area contributed by atoms with E-state index in [1.807, 2.05) is 0 Å². The molecule has 0 spiro atoms. The zero-order valence-corrected chi connectivity index (χ0v) is 13.5. The van der Waals surface area contributed by atoms with Gasteiger partial charge in [0.05, 0.1) is 16.5 Å². The number of nitro groups is 1. The number of ether oxygens (including phenoxy) is 2. The summed E-state index contributed by atoms with van der Waals surface area (Å²) in [5.41, 5.74) is -0.0770. The van der Waals surface area contributed by atoms with E-state index in [1.54, 1.807) is 12.1 Å². The zero-order chi connectivity index (χ0) is 17.0. The summed E-state index contributed by atoms with van der Waals surface area (Å²) in [6, 6.07) is 7.49. The molecule has 0 heterocycles. The van der Waals surface area contributed by atoms with Crippen LogP contribution in [0.15, 0.2) is 40.9 Å². The Hall–Kier alpha value is -2.48. The Morgan fingerprint density at radius 1 is 1.26 bits per heavy atom. The maximum atomic E-state index is 13.2. The molecule has 0 radical (unpaired) electrons. The highest BCUT2D eigenvalue weighted by Crippen LogP contribution is 2.28. The lowest BCUT2D eigenvalue weighted by Gasteiger charge is -2.08. The van der Waals surface area contributed by atoms with Gasteiger partial charge < -0.3 is 9.47 Å². The average Bonchev–Trinajstić information content (AvgIpc) is 2.52. The fourth-order valence-corrected chi connectivity index (χ4v) is 2.36. The number of ketones is 1. The quantitative estimate of drug-likeness (QED) is 0.431. The third-order valence-electron chi connectivity index (χ3n) is 2.95. The van der Waals surface area contributed by atoms with Gasteiger partial charge in [0.25, 0.3) is 0 Å². The van der Waals surface area contributed by atoms with Gasteiger partial charge >= 0.3 is 5.69 Å². The van der Waals surface area contributed by atoms with Crippen LogP contribution in [0.4, 0.5) is 10.1 Å². The number of hydrogen-bond acceptors (Lipinski definition) is 5. The highest BCUT2D eigenvalue weighted by Gasteiger charge is 2.18. The number of carbonyl (C=O) groups excluding carboxylic acids is 1. The molecule has 0 atom stereocenters. The van der Waals surface area contributed by atoms with Crippen LogP contribution < -0.4 is 9.47 Å². The first-order valence-electron chi connectivity index (χ1n) is 6.36. The summed E-state index contributed by atoms with van der Waals surface area (Å²) in [5.74, 6) is -0.837.